The number of hydrogen-bond donors (Lipinski definition) is 2. The third-order valence-electron chi connectivity index (χ3n) is 5.06. The lowest BCUT2D eigenvalue weighted by Gasteiger charge is -2.16. The summed E-state index contributed by atoms with van der Waals surface area (Å²) in [5.41, 5.74) is 0.816. The largest absolute Gasteiger partial charge is 0.388 e. The van der Waals surface area contributed by atoms with Gasteiger partial charge in [-0.25, -0.2) is 9.97 Å². The summed E-state index contributed by atoms with van der Waals surface area (Å²) >= 11 is 0.918. The van der Waals surface area contributed by atoms with Crippen molar-refractivity contribution in [3.8, 4) is 0 Å². The van der Waals surface area contributed by atoms with Gasteiger partial charge in [0.1, 0.15) is 17.1 Å². The van der Waals surface area contributed by atoms with Crippen LogP contribution in [0.15, 0.2) is 41.5 Å². The minimum atomic E-state index is -0.822. The number of amides is 1. The van der Waals surface area contributed by atoms with Crippen LogP contribution in [-0.2, 0) is 4.74 Å². The highest BCUT2D eigenvalue weighted by Crippen LogP contribution is 2.37. The normalized spacial score (nSPS) is 24.5. The Kier molecular flexibility index (Phi) is 4.96. The maximum absolute atomic E-state index is 12.7. The first-order valence-corrected chi connectivity index (χ1v) is 9.89. The molecule has 0 spiro atoms. The van der Waals surface area contributed by atoms with Crippen LogP contribution in [0.4, 0.5) is 5.82 Å². The number of rotatable bonds is 4. The Hall–Kier alpha value is -2.62. The molecule has 2 N–H and O–H groups in total. The highest BCUT2D eigenvalue weighted by Gasteiger charge is 2.42. The summed E-state index contributed by atoms with van der Waals surface area (Å²) < 4.78 is 7.73. The van der Waals surface area contributed by atoms with Crippen LogP contribution in [0.2, 0.25) is 0 Å². The predicted octanol–water partition coefficient (Wildman–Crippen LogP) is 2.41. The van der Waals surface area contributed by atoms with Gasteiger partial charge in [0.05, 0.1) is 6.10 Å². The van der Waals surface area contributed by atoms with E-state index < -0.39 is 12.3 Å². The van der Waals surface area contributed by atoms with E-state index in [1.165, 1.54) is 10.9 Å². The molecule has 8 nitrogen and oxygen atoms in total. The molecule has 1 amide bonds. The van der Waals surface area contributed by atoms with Gasteiger partial charge in [-0.3, -0.25) is 14.2 Å². The summed E-state index contributed by atoms with van der Waals surface area (Å²) in [7, 11) is 0. The van der Waals surface area contributed by atoms with E-state index in [-0.39, 0.29) is 28.6 Å². The number of anilines is 1. The Morgan fingerprint density at radius 1 is 1.32 bits per heavy atom. The Morgan fingerprint density at radius 2 is 2.07 bits per heavy atom. The molecule has 2 aromatic heterocycles. The van der Waals surface area contributed by atoms with Crippen LogP contribution in [0.1, 0.15) is 36.9 Å². The van der Waals surface area contributed by atoms with Crippen molar-refractivity contribution in [2.75, 3.05) is 5.32 Å². The zero-order chi connectivity index (χ0) is 19.8. The fourth-order valence-electron chi connectivity index (χ4n) is 3.48. The molecule has 0 saturated carbocycles. The molecule has 3 heterocycles. The maximum Gasteiger partial charge on any atom is 0.311 e. The fourth-order valence-corrected chi connectivity index (χ4v) is 4.39. The molecule has 0 aliphatic carbocycles. The van der Waals surface area contributed by atoms with Gasteiger partial charge in [0, 0.05) is 11.5 Å². The molecule has 4 rings (SSSR count). The number of hydrogen-bond acceptors (Lipinski definition) is 7. The van der Waals surface area contributed by atoms with Gasteiger partial charge < -0.3 is 15.2 Å². The summed E-state index contributed by atoms with van der Waals surface area (Å²) in [6.07, 6.45) is 0.250. The van der Waals surface area contributed by atoms with Crippen molar-refractivity contribution < 1.29 is 14.6 Å². The minimum absolute atomic E-state index is 0.101. The molecule has 1 aromatic carbocycles. The molecule has 1 aliphatic heterocycles. The third kappa shape index (κ3) is 3.11. The standard InChI is InChI=1S/C19H20N4O4S/c1-3-12-10(2)13(24)18(27-12)23-16-14(28-19(23)26)15(20-9-21-16)22-17(25)11-7-5-4-6-8-11/h4-10,12-13,18,24H,3H2,1-2H3,(H,20,21,22,25)/t10-,12-,13-,18-/m1/s1. The minimum Gasteiger partial charge on any atom is -0.388 e. The number of aliphatic hydroxyl groups excluding tert-OH is 1. The lowest BCUT2D eigenvalue weighted by Crippen LogP contribution is -2.29. The van der Waals surface area contributed by atoms with E-state index in [9.17, 15) is 14.7 Å². The first-order valence-electron chi connectivity index (χ1n) is 9.07. The van der Waals surface area contributed by atoms with Gasteiger partial charge in [-0.2, -0.15) is 0 Å². The summed E-state index contributed by atoms with van der Waals surface area (Å²) in [5.74, 6) is -0.173. The van der Waals surface area contributed by atoms with Crippen molar-refractivity contribution in [1.29, 1.82) is 0 Å². The maximum atomic E-state index is 12.7. The Labute approximate surface area is 164 Å². The highest BCUT2D eigenvalue weighted by atomic mass is 32.1. The van der Waals surface area contributed by atoms with Crippen LogP contribution in [0, 0.1) is 5.92 Å². The number of aromatic nitrogens is 3. The quantitative estimate of drug-likeness (QED) is 0.697. The average Bonchev–Trinajstić information content (AvgIpc) is 3.19. The first-order chi connectivity index (χ1) is 13.5. The number of nitrogens with zero attached hydrogens (tertiary/aromatic N) is 3. The van der Waals surface area contributed by atoms with Crippen LogP contribution < -0.4 is 10.2 Å². The van der Waals surface area contributed by atoms with Gasteiger partial charge in [0.2, 0.25) is 0 Å². The second kappa shape index (κ2) is 7.42. The first kappa shape index (κ1) is 18.7. The van der Waals surface area contributed by atoms with Crippen molar-refractivity contribution in [3.05, 3.63) is 51.9 Å². The molecule has 4 atom stereocenters. The Bertz CT molecular complexity index is 1060. The Morgan fingerprint density at radius 3 is 2.75 bits per heavy atom. The van der Waals surface area contributed by atoms with Crippen molar-refractivity contribution >= 4 is 33.4 Å². The van der Waals surface area contributed by atoms with Crippen LogP contribution in [0.25, 0.3) is 10.3 Å². The number of carbonyl (C=O) groups is 1. The molecule has 9 heteroatoms. The van der Waals surface area contributed by atoms with E-state index in [0.717, 1.165) is 17.8 Å². The molecule has 3 aromatic rings. The van der Waals surface area contributed by atoms with Gasteiger partial charge in [-0.1, -0.05) is 43.4 Å². The van der Waals surface area contributed by atoms with E-state index in [4.69, 9.17) is 4.74 Å². The van der Waals surface area contributed by atoms with Gasteiger partial charge in [0.15, 0.2) is 17.7 Å². The van der Waals surface area contributed by atoms with Crippen molar-refractivity contribution in [3.63, 3.8) is 0 Å². The molecule has 1 aliphatic rings. The molecule has 28 heavy (non-hydrogen) atoms. The number of thiazole rings is 1. The SMILES string of the molecule is CC[C@H]1O[C@@H](n2c(=O)sc3c(NC(=O)c4ccccc4)ncnc32)[C@H](O)[C@@H]1C. The molecular formula is C19H20N4O4S. The number of benzene rings is 1. The van der Waals surface area contributed by atoms with Crippen molar-refractivity contribution in [2.24, 2.45) is 5.92 Å². The zero-order valence-electron chi connectivity index (χ0n) is 15.4. The number of carbonyl (C=O) groups excluding carboxylic acids is 1. The van der Waals surface area contributed by atoms with Crippen LogP contribution >= 0.6 is 11.3 Å². The molecule has 0 radical (unpaired) electrons. The topological polar surface area (TPSA) is 106 Å². The van der Waals surface area contributed by atoms with Crippen LogP contribution in [0.5, 0.6) is 0 Å². The lowest BCUT2D eigenvalue weighted by atomic mass is 9.99. The molecule has 1 fully saturated rings. The number of ether oxygens (including phenoxy) is 1. The van der Waals surface area contributed by atoms with Gasteiger partial charge in [-0.15, -0.1) is 0 Å². The highest BCUT2D eigenvalue weighted by molar-refractivity contribution is 7.17. The molecule has 1 saturated heterocycles. The third-order valence-corrected chi connectivity index (χ3v) is 6.01. The number of nitrogens with one attached hydrogen (secondary N) is 1. The predicted molar refractivity (Wildman–Crippen MR) is 105 cm³/mol. The lowest BCUT2D eigenvalue weighted by molar-refractivity contribution is -0.0364. The number of fused-ring (bicyclic) bond motifs is 1. The fraction of sp³-hybridized carbons (Fsp3) is 0.368. The zero-order valence-corrected chi connectivity index (χ0v) is 16.2. The summed E-state index contributed by atoms with van der Waals surface area (Å²) in [5, 5.41) is 13.3. The second-order valence-corrected chi connectivity index (χ2v) is 7.72. The van der Waals surface area contributed by atoms with Crippen molar-refractivity contribution in [1.82, 2.24) is 14.5 Å². The monoisotopic (exact) mass is 400 g/mol. The molecular weight excluding hydrogens is 380 g/mol. The smallest absolute Gasteiger partial charge is 0.311 e. The van der Waals surface area contributed by atoms with Crippen LogP contribution in [-0.4, -0.2) is 37.8 Å². The van der Waals surface area contributed by atoms with E-state index in [1.807, 2.05) is 19.9 Å². The molecule has 0 bridgehead atoms. The summed E-state index contributed by atoms with van der Waals surface area (Å²) in [4.78, 5) is 33.2. The van der Waals surface area contributed by atoms with Gasteiger partial charge >= 0.3 is 4.87 Å². The van der Waals surface area contributed by atoms with Gasteiger partial charge in [-0.05, 0) is 18.6 Å². The van der Waals surface area contributed by atoms with E-state index in [1.54, 1.807) is 24.3 Å². The average molecular weight is 400 g/mol. The van der Waals surface area contributed by atoms with E-state index >= 15 is 0 Å². The van der Waals surface area contributed by atoms with Gasteiger partial charge in [0.25, 0.3) is 5.91 Å². The van der Waals surface area contributed by atoms with E-state index in [2.05, 4.69) is 15.3 Å². The van der Waals surface area contributed by atoms with Crippen LogP contribution in [0.3, 0.4) is 0 Å². The second-order valence-electron chi connectivity index (χ2n) is 6.76. The summed E-state index contributed by atoms with van der Waals surface area (Å²) in [6.45, 7) is 3.88. The molecule has 0 unspecified atom stereocenters. The number of aliphatic hydroxyl groups is 1. The Balaban J connectivity index is 1.72. The summed E-state index contributed by atoms with van der Waals surface area (Å²) in [6, 6.07) is 8.74. The van der Waals surface area contributed by atoms with Crippen molar-refractivity contribution in [2.45, 2.75) is 38.7 Å². The van der Waals surface area contributed by atoms with E-state index in [0.29, 0.717) is 15.9 Å². The molecule has 146 valence electrons.